The molecule has 0 bridgehead atoms. The molecule has 1 nitrogen and oxygen atoms in total. The Hall–Kier alpha value is -0.980. The van der Waals surface area contributed by atoms with Crippen molar-refractivity contribution in [3.8, 4) is 0 Å². The van der Waals surface area contributed by atoms with Crippen LogP contribution in [0.4, 0.5) is 5.69 Å². The molecule has 0 radical (unpaired) electrons. The topological polar surface area (TPSA) is 12.0 Å². The molecule has 1 heteroatoms. The fourth-order valence-corrected chi connectivity index (χ4v) is 1.88. The fraction of sp³-hybridized carbons (Fsp3) is 0.600. The predicted molar refractivity (Wildman–Crippen MR) is 73.0 cm³/mol. The molecule has 0 heterocycles. The molecule has 0 spiro atoms. The highest BCUT2D eigenvalue weighted by atomic mass is 14.9. The van der Waals surface area contributed by atoms with Crippen LogP contribution in [-0.4, -0.2) is 6.04 Å². The van der Waals surface area contributed by atoms with E-state index >= 15 is 0 Å². The van der Waals surface area contributed by atoms with E-state index in [0.717, 1.165) is 0 Å². The Labute approximate surface area is 100 Å². The molecule has 0 atom stereocenters. The van der Waals surface area contributed by atoms with Crippen LogP contribution in [0, 0.1) is 0 Å². The van der Waals surface area contributed by atoms with E-state index < -0.39 is 0 Å². The maximum Gasteiger partial charge on any atom is 0.0342 e. The van der Waals surface area contributed by atoms with Crippen molar-refractivity contribution in [1.29, 1.82) is 0 Å². The van der Waals surface area contributed by atoms with Crippen molar-refractivity contribution in [2.75, 3.05) is 5.32 Å². The summed E-state index contributed by atoms with van der Waals surface area (Å²) in [6, 6.07) is 9.54. The standard InChI is InChI=1S/C15H25N/c1-4-7-8-13-9-11-15(12-10-13)16-14(5-2)6-3/h9-12,14,16H,4-8H2,1-3H3. The number of nitrogens with one attached hydrogen (secondary N) is 1. The first-order valence-electron chi connectivity index (χ1n) is 6.65. The Balaban J connectivity index is 2.50. The third-order valence-electron chi connectivity index (χ3n) is 3.13. The Kier molecular flexibility index (Phi) is 5.99. The molecule has 1 aromatic carbocycles. The van der Waals surface area contributed by atoms with E-state index in [0.29, 0.717) is 6.04 Å². The summed E-state index contributed by atoms with van der Waals surface area (Å²) in [6.07, 6.45) is 6.15. The van der Waals surface area contributed by atoms with E-state index in [1.54, 1.807) is 0 Å². The number of aryl methyl sites for hydroxylation is 1. The molecule has 0 aliphatic heterocycles. The number of rotatable bonds is 7. The number of hydrogen-bond acceptors (Lipinski definition) is 1. The number of benzene rings is 1. The van der Waals surface area contributed by atoms with Gasteiger partial charge in [-0.15, -0.1) is 0 Å². The zero-order valence-corrected chi connectivity index (χ0v) is 10.9. The lowest BCUT2D eigenvalue weighted by Gasteiger charge is -2.16. The zero-order chi connectivity index (χ0) is 11.8. The second-order valence-electron chi connectivity index (χ2n) is 4.46. The van der Waals surface area contributed by atoms with Gasteiger partial charge in [0, 0.05) is 11.7 Å². The summed E-state index contributed by atoms with van der Waals surface area (Å²) < 4.78 is 0. The SMILES string of the molecule is CCCCc1ccc(NC(CC)CC)cc1. The summed E-state index contributed by atoms with van der Waals surface area (Å²) >= 11 is 0. The molecule has 0 aliphatic rings. The van der Waals surface area contributed by atoms with Crippen molar-refractivity contribution in [2.24, 2.45) is 0 Å². The molecule has 1 rings (SSSR count). The Morgan fingerprint density at radius 3 is 2.12 bits per heavy atom. The number of anilines is 1. The van der Waals surface area contributed by atoms with Gasteiger partial charge in [-0.2, -0.15) is 0 Å². The molecule has 0 amide bonds. The third kappa shape index (κ3) is 4.26. The molecule has 1 N–H and O–H groups in total. The van der Waals surface area contributed by atoms with E-state index in [1.165, 1.54) is 43.4 Å². The van der Waals surface area contributed by atoms with Crippen molar-refractivity contribution in [1.82, 2.24) is 0 Å². The van der Waals surface area contributed by atoms with Gasteiger partial charge in [0.25, 0.3) is 0 Å². The summed E-state index contributed by atoms with van der Waals surface area (Å²) in [4.78, 5) is 0. The van der Waals surface area contributed by atoms with Crippen LogP contribution in [-0.2, 0) is 6.42 Å². The molecule has 1 aromatic rings. The first kappa shape index (κ1) is 13.1. The van der Waals surface area contributed by atoms with Gasteiger partial charge in [-0.05, 0) is 43.4 Å². The minimum absolute atomic E-state index is 0.612. The van der Waals surface area contributed by atoms with Crippen molar-refractivity contribution in [3.05, 3.63) is 29.8 Å². The summed E-state index contributed by atoms with van der Waals surface area (Å²) in [5.74, 6) is 0. The van der Waals surface area contributed by atoms with Crippen LogP contribution < -0.4 is 5.32 Å². The summed E-state index contributed by atoms with van der Waals surface area (Å²) in [6.45, 7) is 6.70. The molecule has 0 fully saturated rings. The van der Waals surface area contributed by atoms with Gasteiger partial charge < -0.3 is 5.32 Å². The zero-order valence-electron chi connectivity index (χ0n) is 10.9. The van der Waals surface area contributed by atoms with Gasteiger partial charge in [-0.3, -0.25) is 0 Å². The van der Waals surface area contributed by atoms with E-state index in [9.17, 15) is 0 Å². The van der Waals surface area contributed by atoms with Crippen LogP contribution in [0.5, 0.6) is 0 Å². The highest BCUT2D eigenvalue weighted by molar-refractivity contribution is 5.45. The Morgan fingerprint density at radius 1 is 1.00 bits per heavy atom. The fourth-order valence-electron chi connectivity index (χ4n) is 1.88. The molecule has 90 valence electrons. The van der Waals surface area contributed by atoms with Gasteiger partial charge in [0.05, 0.1) is 0 Å². The Morgan fingerprint density at radius 2 is 1.62 bits per heavy atom. The van der Waals surface area contributed by atoms with Crippen molar-refractivity contribution in [3.63, 3.8) is 0 Å². The van der Waals surface area contributed by atoms with Crippen molar-refractivity contribution < 1.29 is 0 Å². The molecular formula is C15H25N. The largest absolute Gasteiger partial charge is 0.382 e. The monoisotopic (exact) mass is 219 g/mol. The minimum atomic E-state index is 0.612. The first-order valence-corrected chi connectivity index (χ1v) is 6.65. The summed E-state index contributed by atoms with van der Waals surface area (Å²) in [5, 5.41) is 3.56. The lowest BCUT2D eigenvalue weighted by molar-refractivity contribution is 0.671. The molecular weight excluding hydrogens is 194 g/mol. The Bertz CT molecular complexity index is 272. The minimum Gasteiger partial charge on any atom is -0.382 e. The summed E-state index contributed by atoms with van der Waals surface area (Å²) in [5.41, 5.74) is 2.71. The highest BCUT2D eigenvalue weighted by Gasteiger charge is 2.02. The van der Waals surface area contributed by atoms with Crippen LogP contribution in [0.3, 0.4) is 0 Å². The van der Waals surface area contributed by atoms with Crippen LogP contribution >= 0.6 is 0 Å². The van der Waals surface area contributed by atoms with E-state index in [2.05, 4.69) is 50.4 Å². The highest BCUT2D eigenvalue weighted by Crippen LogP contribution is 2.14. The summed E-state index contributed by atoms with van der Waals surface area (Å²) in [7, 11) is 0. The van der Waals surface area contributed by atoms with Crippen LogP contribution in [0.25, 0.3) is 0 Å². The maximum atomic E-state index is 3.56. The second kappa shape index (κ2) is 7.32. The molecule has 0 aliphatic carbocycles. The third-order valence-corrected chi connectivity index (χ3v) is 3.13. The molecule has 0 unspecified atom stereocenters. The normalized spacial score (nSPS) is 10.8. The molecule has 0 saturated carbocycles. The van der Waals surface area contributed by atoms with E-state index in [-0.39, 0.29) is 0 Å². The van der Waals surface area contributed by atoms with Crippen LogP contribution in [0.1, 0.15) is 52.0 Å². The lowest BCUT2D eigenvalue weighted by atomic mass is 10.1. The number of unbranched alkanes of at least 4 members (excludes halogenated alkanes) is 1. The van der Waals surface area contributed by atoms with Crippen LogP contribution in [0.15, 0.2) is 24.3 Å². The van der Waals surface area contributed by atoms with Gasteiger partial charge in [0.2, 0.25) is 0 Å². The predicted octanol–water partition coefficient (Wildman–Crippen LogP) is 4.63. The average molecular weight is 219 g/mol. The van der Waals surface area contributed by atoms with E-state index in [4.69, 9.17) is 0 Å². The van der Waals surface area contributed by atoms with Gasteiger partial charge in [0.15, 0.2) is 0 Å². The van der Waals surface area contributed by atoms with Gasteiger partial charge in [-0.25, -0.2) is 0 Å². The molecule has 0 aromatic heterocycles. The van der Waals surface area contributed by atoms with E-state index in [1.807, 2.05) is 0 Å². The van der Waals surface area contributed by atoms with Crippen LogP contribution in [0.2, 0.25) is 0 Å². The van der Waals surface area contributed by atoms with Crippen molar-refractivity contribution >= 4 is 5.69 Å². The smallest absolute Gasteiger partial charge is 0.0342 e. The maximum absolute atomic E-state index is 3.56. The lowest BCUT2D eigenvalue weighted by Crippen LogP contribution is -2.16. The van der Waals surface area contributed by atoms with Gasteiger partial charge in [-0.1, -0.05) is 39.3 Å². The quantitative estimate of drug-likeness (QED) is 0.705. The second-order valence-corrected chi connectivity index (χ2v) is 4.46. The number of hydrogen-bond donors (Lipinski definition) is 1. The molecule has 16 heavy (non-hydrogen) atoms. The van der Waals surface area contributed by atoms with Gasteiger partial charge >= 0.3 is 0 Å². The average Bonchev–Trinajstić information content (AvgIpc) is 2.35. The van der Waals surface area contributed by atoms with Crippen molar-refractivity contribution in [2.45, 2.75) is 58.9 Å². The van der Waals surface area contributed by atoms with Gasteiger partial charge in [0.1, 0.15) is 0 Å². The first-order chi connectivity index (χ1) is 7.80. The molecule has 0 saturated heterocycles.